The van der Waals surface area contributed by atoms with Crippen LogP contribution in [0.15, 0.2) is 12.4 Å². The van der Waals surface area contributed by atoms with Crippen molar-refractivity contribution in [2.24, 2.45) is 0 Å². The molecule has 2 heterocycles. The maximum Gasteiger partial charge on any atom is 0.404 e. The Bertz CT molecular complexity index is 402. The van der Waals surface area contributed by atoms with Gasteiger partial charge in [-0.3, -0.25) is 4.98 Å². The molecule has 1 saturated heterocycles. The van der Waals surface area contributed by atoms with Crippen molar-refractivity contribution in [3.8, 4) is 0 Å². The number of carboxylic acid groups (broad SMARTS) is 1. The molecule has 0 radical (unpaired) electrons. The van der Waals surface area contributed by atoms with Gasteiger partial charge in [-0.15, -0.1) is 0 Å². The van der Waals surface area contributed by atoms with E-state index < -0.39 is 6.09 Å². The van der Waals surface area contributed by atoms with Crippen LogP contribution in [0.5, 0.6) is 0 Å². The molecule has 2 N–H and O–H groups in total. The van der Waals surface area contributed by atoms with E-state index in [2.05, 4.69) is 20.2 Å². The minimum atomic E-state index is -0.946. The third kappa shape index (κ3) is 3.05. The van der Waals surface area contributed by atoms with Crippen LogP contribution in [0.1, 0.15) is 18.5 Å². The Morgan fingerprint density at radius 1 is 1.47 bits per heavy atom. The second-order valence-corrected chi connectivity index (χ2v) is 4.23. The van der Waals surface area contributed by atoms with E-state index in [1.54, 1.807) is 12.4 Å². The van der Waals surface area contributed by atoms with Crippen molar-refractivity contribution in [3.05, 3.63) is 18.1 Å². The normalized spacial score (nSPS) is 16.9. The number of carbonyl (C=O) groups is 1. The lowest BCUT2D eigenvalue weighted by Crippen LogP contribution is -2.44. The van der Waals surface area contributed by atoms with Crippen molar-refractivity contribution in [2.75, 3.05) is 18.0 Å². The summed E-state index contributed by atoms with van der Waals surface area (Å²) in [5, 5.41) is 11.2. The summed E-state index contributed by atoms with van der Waals surface area (Å²) >= 11 is 0. The highest BCUT2D eigenvalue weighted by Crippen LogP contribution is 2.17. The molecule has 6 nitrogen and oxygen atoms in total. The fourth-order valence-electron chi connectivity index (χ4n) is 2.03. The molecule has 1 fully saturated rings. The zero-order valence-corrected chi connectivity index (χ0v) is 9.76. The van der Waals surface area contributed by atoms with Gasteiger partial charge in [-0.05, 0) is 19.8 Å². The minimum absolute atomic E-state index is 0.0570. The van der Waals surface area contributed by atoms with Gasteiger partial charge in [-0.1, -0.05) is 0 Å². The SMILES string of the molecule is Cc1cncc(N2CCC(NC(=O)O)CC2)n1. The van der Waals surface area contributed by atoms with Crippen molar-refractivity contribution < 1.29 is 9.90 Å². The summed E-state index contributed by atoms with van der Waals surface area (Å²) in [4.78, 5) is 21.2. The molecule has 6 heteroatoms. The first-order valence-electron chi connectivity index (χ1n) is 5.68. The molecule has 2 rings (SSSR count). The molecule has 1 aromatic rings. The van der Waals surface area contributed by atoms with Crippen LogP contribution in [-0.4, -0.2) is 40.3 Å². The van der Waals surface area contributed by atoms with Crippen molar-refractivity contribution in [2.45, 2.75) is 25.8 Å². The van der Waals surface area contributed by atoms with Gasteiger partial charge < -0.3 is 15.3 Å². The summed E-state index contributed by atoms with van der Waals surface area (Å²) < 4.78 is 0. The van der Waals surface area contributed by atoms with Crippen LogP contribution in [-0.2, 0) is 0 Å². The lowest BCUT2D eigenvalue weighted by atomic mass is 10.1. The standard InChI is InChI=1S/C11H16N4O2/c1-8-6-12-7-10(13-8)15-4-2-9(3-5-15)14-11(16)17/h6-7,9,14H,2-5H2,1H3,(H,16,17). The van der Waals surface area contributed by atoms with E-state index >= 15 is 0 Å². The molecule has 0 saturated carbocycles. The minimum Gasteiger partial charge on any atom is -0.465 e. The van der Waals surface area contributed by atoms with E-state index in [0.29, 0.717) is 0 Å². The fourth-order valence-corrected chi connectivity index (χ4v) is 2.03. The van der Waals surface area contributed by atoms with Crippen molar-refractivity contribution >= 4 is 11.9 Å². The molecule has 1 aliphatic rings. The predicted octanol–water partition coefficient (Wildman–Crippen LogP) is 1.02. The van der Waals surface area contributed by atoms with Gasteiger partial charge in [0.25, 0.3) is 0 Å². The van der Waals surface area contributed by atoms with Crippen LogP contribution in [0.3, 0.4) is 0 Å². The van der Waals surface area contributed by atoms with E-state index in [9.17, 15) is 4.79 Å². The summed E-state index contributed by atoms with van der Waals surface area (Å²) in [6, 6.07) is 0.0570. The second-order valence-electron chi connectivity index (χ2n) is 4.23. The number of piperidine rings is 1. The smallest absolute Gasteiger partial charge is 0.404 e. The molecular formula is C11H16N4O2. The number of hydrogen-bond acceptors (Lipinski definition) is 4. The van der Waals surface area contributed by atoms with Crippen molar-refractivity contribution in [1.29, 1.82) is 0 Å². The number of rotatable bonds is 2. The maximum atomic E-state index is 10.5. The molecule has 1 amide bonds. The van der Waals surface area contributed by atoms with E-state index in [-0.39, 0.29) is 6.04 Å². The Labute approximate surface area is 99.7 Å². The zero-order chi connectivity index (χ0) is 12.3. The monoisotopic (exact) mass is 236 g/mol. The predicted molar refractivity (Wildman–Crippen MR) is 63.2 cm³/mol. The van der Waals surface area contributed by atoms with Crippen LogP contribution in [0, 0.1) is 6.92 Å². The molecule has 17 heavy (non-hydrogen) atoms. The topological polar surface area (TPSA) is 78.4 Å². The largest absolute Gasteiger partial charge is 0.465 e. The first kappa shape index (κ1) is 11.6. The Morgan fingerprint density at radius 2 is 2.18 bits per heavy atom. The third-order valence-electron chi connectivity index (χ3n) is 2.89. The van der Waals surface area contributed by atoms with Crippen LogP contribution in [0.2, 0.25) is 0 Å². The zero-order valence-electron chi connectivity index (χ0n) is 9.76. The number of nitrogens with zero attached hydrogens (tertiary/aromatic N) is 3. The summed E-state index contributed by atoms with van der Waals surface area (Å²) in [6.45, 7) is 3.53. The quantitative estimate of drug-likeness (QED) is 0.801. The fraction of sp³-hybridized carbons (Fsp3) is 0.545. The first-order chi connectivity index (χ1) is 8.15. The number of amides is 1. The number of aromatic nitrogens is 2. The molecule has 0 unspecified atom stereocenters. The Morgan fingerprint density at radius 3 is 2.76 bits per heavy atom. The molecule has 92 valence electrons. The van der Waals surface area contributed by atoms with Crippen LogP contribution in [0.25, 0.3) is 0 Å². The Balaban J connectivity index is 1.93. The van der Waals surface area contributed by atoms with Gasteiger partial charge in [0.1, 0.15) is 5.82 Å². The van der Waals surface area contributed by atoms with E-state index in [1.807, 2.05) is 6.92 Å². The van der Waals surface area contributed by atoms with Gasteiger partial charge in [0.15, 0.2) is 0 Å². The number of aryl methyl sites for hydroxylation is 1. The van der Waals surface area contributed by atoms with Gasteiger partial charge in [0, 0.05) is 25.3 Å². The lowest BCUT2D eigenvalue weighted by molar-refractivity contribution is 0.187. The van der Waals surface area contributed by atoms with E-state index in [1.165, 1.54) is 0 Å². The van der Waals surface area contributed by atoms with E-state index in [0.717, 1.165) is 37.4 Å². The number of nitrogens with one attached hydrogen (secondary N) is 1. The van der Waals surface area contributed by atoms with Crippen LogP contribution in [0.4, 0.5) is 10.6 Å². The highest BCUT2D eigenvalue weighted by molar-refractivity contribution is 5.64. The maximum absolute atomic E-state index is 10.5. The molecule has 0 aliphatic carbocycles. The van der Waals surface area contributed by atoms with Crippen molar-refractivity contribution in [3.63, 3.8) is 0 Å². The van der Waals surface area contributed by atoms with Crippen LogP contribution >= 0.6 is 0 Å². The lowest BCUT2D eigenvalue weighted by Gasteiger charge is -2.32. The number of hydrogen-bond donors (Lipinski definition) is 2. The van der Waals surface area contributed by atoms with Gasteiger partial charge in [0.2, 0.25) is 0 Å². The molecule has 0 spiro atoms. The summed E-state index contributed by atoms with van der Waals surface area (Å²) in [5.41, 5.74) is 0.897. The van der Waals surface area contributed by atoms with Gasteiger partial charge in [-0.2, -0.15) is 0 Å². The van der Waals surface area contributed by atoms with Gasteiger partial charge in [-0.25, -0.2) is 9.78 Å². The Hall–Kier alpha value is -1.85. The molecular weight excluding hydrogens is 220 g/mol. The summed E-state index contributed by atoms with van der Waals surface area (Å²) in [5.74, 6) is 0.874. The molecule has 1 aliphatic heterocycles. The first-order valence-corrected chi connectivity index (χ1v) is 5.68. The average molecular weight is 236 g/mol. The third-order valence-corrected chi connectivity index (χ3v) is 2.89. The van der Waals surface area contributed by atoms with Crippen LogP contribution < -0.4 is 10.2 Å². The highest BCUT2D eigenvalue weighted by Gasteiger charge is 2.21. The molecule has 0 bridgehead atoms. The van der Waals surface area contributed by atoms with Crippen molar-refractivity contribution in [1.82, 2.24) is 15.3 Å². The second kappa shape index (κ2) is 4.99. The average Bonchev–Trinajstić information content (AvgIpc) is 2.29. The van der Waals surface area contributed by atoms with Gasteiger partial charge in [0.05, 0.1) is 11.9 Å². The molecule has 0 aromatic carbocycles. The van der Waals surface area contributed by atoms with Gasteiger partial charge >= 0.3 is 6.09 Å². The summed E-state index contributed by atoms with van der Waals surface area (Å²) in [7, 11) is 0. The molecule has 1 aromatic heterocycles. The molecule has 0 atom stereocenters. The highest BCUT2D eigenvalue weighted by atomic mass is 16.4. The van der Waals surface area contributed by atoms with E-state index in [4.69, 9.17) is 5.11 Å². The summed E-state index contributed by atoms with van der Waals surface area (Å²) in [6.07, 6.45) is 4.14. The Kier molecular flexibility index (Phi) is 3.41. The number of anilines is 1.